The molecule has 0 radical (unpaired) electrons. The van der Waals surface area contributed by atoms with E-state index < -0.39 is 4.33 Å². The van der Waals surface area contributed by atoms with Crippen LogP contribution in [-0.2, 0) is 4.79 Å². The van der Waals surface area contributed by atoms with Crippen LogP contribution in [0.1, 0.15) is 0 Å². The number of hydrogen-bond acceptors (Lipinski definition) is 2. The molecule has 0 aromatic heterocycles. The van der Waals surface area contributed by atoms with Crippen molar-refractivity contribution in [3.05, 3.63) is 0 Å². The summed E-state index contributed by atoms with van der Waals surface area (Å²) in [5.74, 6) is 0. The quantitative estimate of drug-likeness (QED) is 0.398. The molecule has 4 heteroatoms. The zero-order valence-corrected chi connectivity index (χ0v) is 4.70. The summed E-state index contributed by atoms with van der Waals surface area (Å²) in [7, 11) is 0. The molecule has 0 bridgehead atoms. The third kappa shape index (κ3) is 2.44. The van der Waals surface area contributed by atoms with Crippen molar-refractivity contribution in [1.29, 1.82) is 5.26 Å². The molecule has 0 fully saturated rings. The highest BCUT2D eigenvalue weighted by Crippen LogP contribution is 2.14. The Balaban J connectivity index is 3.91. The lowest BCUT2D eigenvalue weighted by atomic mass is 10.5. The highest BCUT2D eigenvalue weighted by atomic mass is 35.5. The molecule has 0 saturated carbocycles. The third-order valence-corrected chi connectivity index (χ3v) is 0.644. The second-order valence-electron chi connectivity index (χ2n) is 0.853. The number of rotatable bonds is 1. The largest absolute Gasteiger partial charge is 0.299 e. The van der Waals surface area contributed by atoms with Gasteiger partial charge in [0.15, 0.2) is 6.29 Å². The molecular weight excluding hydrogens is 137 g/mol. The lowest BCUT2D eigenvalue weighted by Crippen LogP contribution is -2.09. The van der Waals surface area contributed by atoms with E-state index in [2.05, 4.69) is 0 Å². The van der Waals surface area contributed by atoms with Crippen LogP contribution in [0.4, 0.5) is 0 Å². The molecule has 0 saturated heterocycles. The molecule has 0 atom stereocenters. The van der Waals surface area contributed by atoms with Crippen LogP contribution in [0.15, 0.2) is 0 Å². The number of halogens is 2. The van der Waals surface area contributed by atoms with E-state index in [0.29, 0.717) is 0 Å². The fourth-order valence-electron chi connectivity index (χ4n) is 0.0264. The summed E-state index contributed by atoms with van der Waals surface area (Å²) in [6.07, 6.45) is 0.163. The molecule has 0 aliphatic rings. The summed E-state index contributed by atoms with van der Waals surface area (Å²) < 4.78 is -1.85. The van der Waals surface area contributed by atoms with Gasteiger partial charge in [-0.05, 0) is 0 Å². The summed E-state index contributed by atoms with van der Waals surface area (Å²) in [4.78, 5) is 9.57. The monoisotopic (exact) mass is 137 g/mol. The van der Waals surface area contributed by atoms with Crippen molar-refractivity contribution >= 4 is 29.5 Å². The van der Waals surface area contributed by atoms with Crippen LogP contribution in [-0.4, -0.2) is 10.6 Å². The Kier molecular flexibility index (Phi) is 2.07. The van der Waals surface area contributed by atoms with Gasteiger partial charge in [0.1, 0.15) is 6.07 Å². The summed E-state index contributed by atoms with van der Waals surface area (Å²) in [5.41, 5.74) is 0. The van der Waals surface area contributed by atoms with Crippen LogP contribution in [0.5, 0.6) is 0 Å². The van der Waals surface area contributed by atoms with Crippen molar-refractivity contribution < 1.29 is 4.79 Å². The van der Waals surface area contributed by atoms with E-state index in [0.717, 1.165) is 0 Å². The van der Waals surface area contributed by atoms with Crippen molar-refractivity contribution in [3.8, 4) is 6.07 Å². The molecule has 2 nitrogen and oxygen atoms in total. The highest BCUT2D eigenvalue weighted by molar-refractivity contribution is 6.57. The SMILES string of the molecule is N#CC(Cl)(Cl)C=O. The van der Waals surface area contributed by atoms with Gasteiger partial charge < -0.3 is 0 Å². The number of nitrogens with zero attached hydrogens (tertiary/aromatic N) is 1. The van der Waals surface area contributed by atoms with Crippen molar-refractivity contribution in [1.82, 2.24) is 0 Å². The van der Waals surface area contributed by atoms with Gasteiger partial charge >= 0.3 is 0 Å². The third-order valence-electron chi connectivity index (χ3n) is 0.297. The van der Waals surface area contributed by atoms with Crippen molar-refractivity contribution in [2.24, 2.45) is 0 Å². The molecule has 0 spiro atoms. The van der Waals surface area contributed by atoms with E-state index in [9.17, 15) is 4.79 Å². The molecule has 0 rings (SSSR count). The first-order valence-corrected chi connectivity index (χ1v) is 2.13. The predicted octanol–water partition coefficient (Wildman–Crippen LogP) is 0.883. The molecule has 0 heterocycles. The van der Waals surface area contributed by atoms with E-state index >= 15 is 0 Å². The number of nitriles is 1. The van der Waals surface area contributed by atoms with Crippen LogP contribution >= 0.6 is 23.2 Å². The Morgan fingerprint density at radius 1 is 1.71 bits per heavy atom. The Bertz CT molecular complexity index is 115. The summed E-state index contributed by atoms with van der Waals surface area (Å²) >= 11 is 9.88. The van der Waals surface area contributed by atoms with Crippen molar-refractivity contribution in [2.75, 3.05) is 0 Å². The first-order chi connectivity index (χ1) is 3.12. The number of alkyl halides is 2. The summed E-state index contributed by atoms with van der Waals surface area (Å²) in [5, 5.41) is 7.85. The predicted molar refractivity (Wildman–Crippen MR) is 26.1 cm³/mol. The van der Waals surface area contributed by atoms with Gasteiger partial charge in [-0.25, -0.2) is 0 Å². The van der Waals surface area contributed by atoms with Crippen molar-refractivity contribution in [3.63, 3.8) is 0 Å². The number of hydrogen-bond donors (Lipinski definition) is 0. The average molecular weight is 138 g/mol. The Labute approximate surface area is 50.6 Å². The van der Waals surface area contributed by atoms with Crippen LogP contribution in [0.2, 0.25) is 0 Å². The lowest BCUT2D eigenvalue weighted by molar-refractivity contribution is -0.107. The number of carbonyl (C=O) groups is 1. The van der Waals surface area contributed by atoms with Crippen LogP contribution in [0, 0.1) is 11.3 Å². The average Bonchev–Trinajstić information content (AvgIpc) is 1.68. The van der Waals surface area contributed by atoms with Gasteiger partial charge in [-0.1, -0.05) is 23.2 Å². The molecule has 0 unspecified atom stereocenters. The second-order valence-corrected chi connectivity index (χ2v) is 2.24. The van der Waals surface area contributed by atoms with Crippen LogP contribution < -0.4 is 0 Å². The lowest BCUT2D eigenvalue weighted by Gasteiger charge is -1.92. The first-order valence-electron chi connectivity index (χ1n) is 1.38. The molecule has 0 aromatic rings. The molecule has 0 aliphatic carbocycles. The van der Waals surface area contributed by atoms with Crippen LogP contribution in [0.3, 0.4) is 0 Å². The molecule has 0 amide bonds. The molecule has 38 valence electrons. The maximum atomic E-state index is 9.57. The molecule has 0 aromatic carbocycles. The van der Waals surface area contributed by atoms with Gasteiger partial charge in [0.05, 0.1) is 0 Å². The summed E-state index contributed by atoms with van der Waals surface area (Å²) in [6.45, 7) is 0. The van der Waals surface area contributed by atoms with Gasteiger partial charge in [0, 0.05) is 0 Å². The molecule has 0 aliphatic heterocycles. The fourth-order valence-corrected chi connectivity index (χ4v) is 0.0264. The van der Waals surface area contributed by atoms with Gasteiger partial charge in [0.25, 0.3) is 4.33 Å². The number of aldehydes is 1. The smallest absolute Gasteiger partial charge is 0.257 e. The maximum absolute atomic E-state index is 9.57. The fraction of sp³-hybridized carbons (Fsp3) is 0.333. The van der Waals surface area contributed by atoms with Crippen molar-refractivity contribution in [2.45, 2.75) is 4.33 Å². The topological polar surface area (TPSA) is 40.9 Å². The highest BCUT2D eigenvalue weighted by Gasteiger charge is 2.20. The molecular formula is C3HCl2NO. The van der Waals surface area contributed by atoms with E-state index in [4.69, 9.17) is 28.5 Å². The zero-order chi connectivity index (χ0) is 5.91. The van der Waals surface area contributed by atoms with Gasteiger partial charge in [-0.15, -0.1) is 0 Å². The van der Waals surface area contributed by atoms with Gasteiger partial charge in [0.2, 0.25) is 0 Å². The Morgan fingerprint density at radius 2 is 2.14 bits per heavy atom. The minimum Gasteiger partial charge on any atom is -0.299 e. The Hall–Kier alpha value is -0.260. The van der Waals surface area contributed by atoms with E-state index in [1.807, 2.05) is 0 Å². The standard InChI is InChI=1S/C3HCl2NO/c4-3(5,1-6)2-7/h2H. The number of carbonyl (C=O) groups excluding carboxylic acids is 1. The van der Waals surface area contributed by atoms with Crippen LogP contribution in [0.25, 0.3) is 0 Å². The van der Waals surface area contributed by atoms with E-state index in [1.54, 1.807) is 0 Å². The van der Waals surface area contributed by atoms with Gasteiger partial charge in [-0.3, -0.25) is 4.79 Å². The maximum Gasteiger partial charge on any atom is 0.257 e. The summed E-state index contributed by atoms with van der Waals surface area (Å²) in [6, 6.07) is 1.35. The van der Waals surface area contributed by atoms with E-state index in [-0.39, 0.29) is 6.29 Å². The first kappa shape index (κ1) is 6.74. The van der Waals surface area contributed by atoms with E-state index in [1.165, 1.54) is 6.07 Å². The van der Waals surface area contributed by atoms with Gasteiger partial charge in [-0.2, -0.15) is 5.26 Å². The zero-order valence-electron chi connectivity index (χ0n) is 3.19. The normalized spacial score (nSPS) is 9.86. The Morgan fingerprint density at radius 3 is 2.14 bits per heavy atom. The minimum absolute atomic E-state index is 0.163. The molecule has 0 N–H and O–H groups in total. The second kappa shape index (κ2) is 2.15. The minimum atomic E-state index is -1.85. The molecule has 7 heavy (non-hydrogen) atoms.